The molecular formula is C14H28N2O2. The normalized spacial score (nSPS) is 23.6. The summed E-state index contributed by atoms with van der Waals surface area (Å²) in [5, 5.41) is 3.42. The number of ether oxygens (including phenoxy) is 1. The fourth-order valence-corrected chi connectivity index (χ4v) is 2.63. The predicted molar refractivity (Wildman–Crippen MR) is 73.6 cm³/mol. The van der Waals surface area contributed by atoms with Gasteiger partial charge in [0, 0.05) is 13.6 Å². The summed E-state index contributed by atoms with van der Waals surface area (Å²) in [7, 11) is 1.88. The summed E-state index contributed by atoms with van der Waals surface area (Å²) in [5.41, 5.74) is -0.304. The molecule has 0 aliphatic carbocycles. The maximum atomic E-state index is 12.5. The molecule has 0 aromatic carbocycles. The lowest BCUT2D eigenvalue weighted by molar-refractivity contribution is -0.137. The van der Waals surface area contributed by atoms with Gasteiger partial charge in [0.1, 0.15) is 0 Å². The van der Waals surface area contributed by atoms with Crippen LogP contribution < -0.4 is 5.32 Å². The van der Waals surface area contributed by atoms with Crippen molar-refractivity contribution >= 4 is 5.91 Å². The highest BCUT2D eigenvalue weighted by molar-refractivity contribution is 5.86. The number of rotatable bonds is 7. The number of likely N-dealkylation sites (N-methyl/N-ethyl adjacent to an activating group) is 1. The zero-order valence-electron chi connectivity index (χ0n) is 12.3. The van der Waals surface area contributed by atoms with Gasteiger partial charge in [0.05, 0.1) is 18.2 Å². The van der Waals surface area contributed by atoms with Crippen LogP contribution >= 0.6 is 0 Å². The molecule has 106 valence electrons. The maximum Gasteiger partial charge on any atom is 0.242 e. The van der Waals surface area contributed by atoms with Crippen molar-refractivity contribution in [3.8, 4) is 0 Å². The van der Waals surface area contributed by atoms with Crippen molar-refractivity contribution in [3.05, 3.63) is 0 Å². The average molecular weight is 256 g/mol. The third kappa shape index (κ3) is 3.95. The molecule has 4 nitrogen and oxygen atoms in total. The highest BCUT2D eigenvalue weighted by atomic mass is 16.5. The molecule has 1 rings (SSSR count). The van der Waals surface area contributed by atoms with E-state index in [4.69, 9.17) is 4.74 Å². The number of nitrogens with zero attached hydrogens (tertiary/aromatic N) is 1. The number of hydrogen-bond donors (Lipinski definition) is 1. The van der Waals surface area contributed by atoms with Crippen molar-refractivity contribution in [1.29, 1.82) is 0 Å². The van der Waals surface area contributed by atoms with Gasteiger partial charge in [-0.2, -0.15) is 0 Å². The Morgan fingerprint density at radius 3 is 2.72 bits per heavy atom. The van der Waals surface area contributed by atoms with Crippen LogP contribution in [0.25, 0.3) is 0 Å². The summed E-state index contributed by atoms with van der Waals surface area (Å²) in [6, 6.07) is 0. The second-order valence-corrected chi connectivity index (χ2v) is 5.51. The van der Waals surface area contributed by atoms with E-state index in [1.54, 1.807) is 0 Å². The second-order valence-electron chi connectivity index (χ2n) is 5.51. The summed E-state index contributed by atoms with van der Waals surface area (Å²) in [6.45, 7) is 8.41. The fourth-order valence-electron chi connectivity index (χ4n) is 2.63. The molecule has 1 N–H and O–H groups in total. The summed E-state index contributed by atoms with van der Waals surface area (Å²) < 4.78 is 5.50. The van der Waals surface area contributed by atoms with Crippen molar-refractivity contribution in [2.45, 2.75) is 58.1 Å². The molecular weight excluding hydrogens is 228 g/mol. The quantitative estimate of drug-likeness (QED) is 0.755. The molecule has 0 bridgehead atoms. The Hall–Kier alpha value is -0.610. The maximum absolute atomic E-state index is 12.5. The van der Waals surface area contributed by atoms with E-state index in [1.807, 2.05) is 25.8 Å². The highest BCUT2D eigenvalue weighted by Gasteiger charge is 2.41. The molecule has 0 saturated carbocycles. The first-order chi connectivity index (χ1) is 8.52. The highest BCUT2D eigenvalue weighted by Crippen LogP contribution is 2.26. The number of hydrogen-bond acceptors (Lipinski definition) is 3. The minimum Gasteiger partial charge on any atom is -0.377 e. The Kier molecular flexibility index (Phi) is 6.09. The Morgan fingerprint density at radius 1 is 1.50 bits per heavy atom. The minimum absolute atomic E-state index is 0.225. The molecule has 1 saturated heterocycles. The van der Waals surface area contributed by atoms with E-state index in [9.17, 15) is 4.79 Å². The number of carbonyl (C=O) groups is 1. The molecule has 1 fully saturated rings. The zero-order valence-corrected chi connectivity index (χ0v) is 12.3. The van der Waals surface area contributed by atoms with Crippen LogP contribution in [0.4, 0.5) is 0 Å². The standard InChI is InChI=1S/C14H28N2O2/c1-5-7-14(8-6-9-15-14)13(17)16(4)10-11-18-12(2)3/h12,15H,5-11H2,1-4H3. The fraction of sp³-hybridized carbons (Fsp3) is 0.929. The molecule has 1 aliphatic heterocycles. The van der Waals surface area contributed by atoms with Crippen molar-refractivity contribution < 1.29 is 9.53 Å². The van der Waals surface area contributed by atoms with Crippen LogP contribution in [0.15, 0.2) is 0 Å². The van der Waals surface area contributed by atoms with E-state index in [2.05, 4.69) is 12.2 Å². The summed E-state index contributed by atoms with van der Waals surface area (Å²) >= 11 is 0. The van der Waals surface area contributed by atoms with Crippen LogP contribution in [0, 0.1) is 0 Å². The number of carbonyl (C=O) groups excluding carboxylic acids is 1. The predicted octanol–water partition coefficient (Wildman–Crippen LogP) is 1.79. The van der Waals surface area contributed by atoms with E-state index >= 15 is 0 Å². The monoisotopic (exact) mass is 256 g/mol. The van der Waals surface area contributed by atoms with Crippen LogP contribution in [-0.2, 0) is 9.53 Å². The van der Waals surface area contributed by atoms with Gasteiger partial charge in [0.15, 0.2) is 0 Å². The summed E-state index contributed by atoms with van der Waals surface area (Å²) in [6.07, 6.45) is 4.26. The lowest BCUT2D eigenvalue weighted by Crippen LogP contribution is -2.54. The van der Waals surface area contributed by atoms with E-state index in [0.29, 0.717) is 13.2 Å². The Balaban J connectivity index is 2.49. The van der Waals surface area contributed by atoms with Crippen LogP contribution in [0.5, 0.6) is 0 Å². The smallest absolute Gasteiger partial charge is 0.242 e. The van der Waals surface area contributed by atoms with Crippen LogP contribution in [0.3, 0.4) is 0 Å². The molecule has 1 amide bonds. The van der Waals surface area contributed by atoms with Crippen molar-refractivity contribution in [1.82, 2.24) is 10.2 Å². The second kappa shape index (κ2) is 7.10. The van der Waals surface area contributed by atoms with Crippen molar-refractivity contribution in [2.75, 3.05) is 26.7 Å². The molecule has 0 spiro atoms. The van der Waals surface area contributed by atoms with Gasteiger partial charge in [-0.15, -0.1) is 0 Å². The van der Waals surface area contributed by atoms with Gasteiger partial charge >= 0.3 is 0 Å². The number of nitrogens with one attached hydrogen (secondary N) is 1. The van der Waals surface area contributed by atoms with E-state index in [-0.39, 0.29) is 17.6 Å². The van der Waals surface area contributed by atoms with Crippen LogP contribution in [0.2, 0.25) is 0 Å². The van der Waals surface area contributed by atoms with E-state index in [0.717, 1.165) is 32.2 Å². The van der Waals surface area contributed by atoms with Gasteiger partial charge in [-0.05, 0) is 39.7 Å². The van der Waals surface area contributed by atoms with Gasteiger partial charge < -0.3 is 15.0 Å². The number of amides is 1. The SMILES string of the molecule is CCCC1(C(=O)N(C)CCOC(C)C)CCCN1. The minimum atomic E-state index is -0.304. The van der Waals surface area contributed by atoms with Gasteiger partial charge in [0.25, 0.3) is 0 Å². The first kappa shape index (κ1) is 15.4. The topological polar surface area (TPSA) is 41.6 Å². The zero-order chi connectivity index (χ0) is 13.6. The lowest BCUT2D eigenvalue weighted by atomic mass is 9.90. The van der Waals surface area contributed by atoms with Crippen molar-refractivity contribution in [3.63, 3.8) is 0 Å². The van der Waals surface area contributed by atoms with Gasteiger partial charge in [-0.1, -0.05) is 13.3 Å². The van der Waals surface area contributed by atoms with Crippen molar-refractivity contribution in [2.24, 2.45) is 0 Å². The van der Waals surface area contributed by atoms with Gasteiger partial charge in [-0.3, -0.25) is 4.79 Å². The molecule has 0 radical (unpaired) electrons. The van der Waals surface area contributed by atoms with Gasteiger partial charge in [0.2, 0.25) is 5.91 Å². The Morgan fingerprint density at radius 2 is 2.22 bits per heavy atom. The molecule has 1 aliphatic rings. The molecule has 1 heterocycles. The molecule has 0 aromatic heterocycles. The third-order valence-electron chi connectivity index (χ3n) is 3.55. The largest absolute Gasteiger partial charge is 0.377 e. The molecule has 4 heteroatoms. The van der Waals surface area contributed by atoms with Gasteiger partial charge in [-0.25, -0.2) is 0 Å². The molecule has 0 aromatic rings. The van der Waals surface area contributed by atoms with E-state index in [1.165, 1.54) is 0 Å². The Labute approximate surface area is 111 Å². The lowest BCUT2D eigenvalue weighted by Gasteiger charge is -2.32. The molecule has 18 heavy (non-hydrogen) atoms. The molecule has 1 atom stereocenters. The first-order valence-corrected chi connectivity index (χ1v) is 7.14. The Bertz CT molecular complexity index is 261. The summed E-state index contributed by atoms with van der Waals surface area (Å²) in [5.74, 6) is 0.231. The average Bonchev–Trinajstić information content (AvgIpc) is 2.77. The van der Waals surface area contributed by atoms with E-state index < -0.39 is 0 Å². The summed E-state index contributed by atoms with van der Waals surface area (Å²) in [4.78, 5) is 14.4. The third-order valence-corrected chi connectivity index (χ3v) is 3.55. The van der Waals surface area contributed by atoms with Crippen LogP contribution in [-0.4, -0.2) is 49.2 Å². The van der Waals surface area contributed by atoms with Crippen LogP contribution in [0.1, 0.15) is 46.5 Å². The molecule has 1 unspecified atom stereocenters. The first-order valence-electron chi connectivity index (χ1n) is 7.14.